The van der Waals surface area contributed by atoms with Gasteiger partial charge in [-0.3, -0.25) is 5.10 Å². The molecule has 0 radical (unpaired) electrons. The molecule has 0 atom stereocenters. The van der Waals surface area contributed by atoms with Gasteiger partial charge < -0.3 is 10.3 Å². The maximum absolute atomic E-state index is 5.70. The topological polar surface area (TPSA) is 59.6 Å². The van der Waals surface area contributed by atoms with Crippen LogP contribution in [-0.4, -0.2) is 14.8 Å². The number of hydrogen-bond donors (Lipinski definition) is 2. The molecule has 0 bridgehead atoms. The fourth-order valence-corrected chi connectivity index (χ4v) is 2.46. The number of nitrogens with zero attached hydrogens (tertiary/aromatic N) is 2. The molecule has 0 saturated carbocycles. The Morgan fingerprint density at radius 2 is 2.05 bits per heavy atom. The first-order chi connectivity index (χ1) is 9.06. The van der Waals surface area contributed by atoms with Crippen LogP contribution in [0.3, 0.4) is 0 Å². The lowest BCUT2D eigenvalue weighted by atomic mass is 10.00. The average Bonchev–Trinajstić information content (AvgIpc) is 2.93. The smallest absolute Gasteiger partial charge is 0.145 e. The number of aromatic amines is 1. The second-order valence-electron chi connectivity index (χ2n) is 5.29. The molecule has 3 aromatic rings. The van der Waals surface area contributed by atoms with Crippen molar-refractivity contribution in [1.82, 2.24) is 14.8 Å². The summed E-state index contributed by atoms with van der Waals surface area (Å²) in [7, 11) is 2.06. The van der Waals surface area contributed by atoms with Crippen LogP contribution in [0.1, 0.15) is 25.3 Å². The number of nitrogen functional groups attached to an aromatic ring is 1. The zero-order chi connectivity index (χ0) is 13.6. The minimum absolute atomic E-state index is 0.518. The van der Waals surface area contributed by atoms with E-state index < -0.39 is 0 Å². The first-order valence-corrected chi connectivity index (χ1v) is 6.46. The zero-order valence-corrected chi connectivity index (χ0v) is 11.4. The number of anilines is 1. The van der Waals surface area contributed by atoms with Crippen molar-refractivity contribution in [3.05, 3.63) is 36.0 Å². The highest BCUT2D eigenvalue weighted by molar-refractivity contribution is 5.95. The summed E-state index contributed by atoms with van der Waals surface area (Å²) in [6.45, 7) is 4.41. The van der Waals surface area contributed by atoms with Gasteiger partial charge in [0.15, 0.2) is 0 Å². The highest BCUT2D eigenvalue weighted by Crippen LogP contribution is 2.31. The number of H-pyrrole nitrogens is 1. The Balaban J connectivity index is 2.26. The number of aromatic nitrogens is 3. The van der Waals surface area contributed by atoms with E-state index in [0.29, 0.717) is 11.7 Å². The molecule has 1 aromatic carbocycles. The van der Waals surface area contributed by atoms with Crippen molar-refractivity contribution in [3.63, 3.8) is 0 Å². The monoisotopic (exact) mass is 254 g/mol. The third kappa shape index (κ3) is 1.89. The average molecular weight is 254 g/mol. The van der Waals surface area contributed by atoms with Crippen LogP contribution in [0, 0.1) is 0 Å². The van der Waals surface area contributed by atoms with Crippen LogP contribution >= 0.6 is 0 Å². The van der Waals surface area contributed by atoms with Crippen molar-refractivity contribution < 1.29 is 0 Å². The molecule has 3 rings (SSSR count). The molecule has 0 saturated heterocycles. The number of nitrogens with two attached hydrogens (primary N) is 1. The molecule has 2 aromatic heterocycles. The first kappa shape index (κ1) is 11.8. The summed E-state index contributed by atoms with van der Waals surface area (Å²) < 4.78 is 2.13. The molecule has 0 aliphatic rings. The molecule has 0 aliphatic heterocycles. The fourth-order valence-electron chi connectivity index (χ4n) is 2.46. The normalized spacial score (nSPS) is 11.6. The highest BCUT2D eigenvalue weighted by atomic mass is 15.2. The van der Waals surface area contributed by atoms with Gasteiger partial charge in [-0.2, -0.15) is 5.10 Å². The summed E-state index contributed by atoms with van der Waals surface area (Å²) in [6, 6.07) is 8.50. The van der Waals surface area contributed by atoms with Gasteiger partial charge in [-0.25, -0.2) is 0 Å². The maximum atomic E-state index is 5.70. The van der Waals surface area contributed by atoms with Crippen molar-refractivity contribution in [3.8, 4) is 11.3 Å². The standard InChI is InChI=1S/C15H18N4/c1-9(2)10-4-5-14-11(6-10)12(8-19(14)3)13-7-15(16)18-17-13/h4-9H,1-3H3,(H3,16,17,18). The number of hydrogen-bond acceptors (Lipinski definition) is 2. The van der Waals surface area contributed by atoms with E-state index in [2.05, 4.69) is 60.1 Å². The number of fused-ring (bicyclic) bond motifs is 1. The Bertz CT molecular complexity index is 734. The summed E-state index contributed by atoms with van der Waals surface area (Å²) in [4.78, 5) is 0. The van der Waals surface area contributed by atoms with E-state index in [1.54, 1.807) is 0 Å². The van der Waals surface area contributed by atoms with Gasteiger partial charge >= 0.3 is 0 Å². The Hall–Kier alpha value is -2.23. The number of benzene rings is 1. The molecule has 98 valence electrons. The Labute approximate surface area is 112 Å². The predicted octanol–water partition coefficient (Wildman–Crippen LogP) is 3.27. The first-order valence-electron chi connectivity index (χ1n) is 6.46. The van der Waals surface area contributed by atoms with Crippen LogP contribution in [0.5, 0.6) is 0 Å². The summed E-state index contributed by atoms with van der Waals surface area (Å²) in [5, 5.41) is 8.23. The Kier molecular flexibility index (Phi) is 2.59. The van der Waals surface area contributed by atoms with Crippen molar-refractivity contribution >= 4 is 16.7 Å². The highest BCUT2D eigenvalue weighted by Gasteiger charge is 2.12. The molecular weight excluding hydrogens is 236 g/mol. The lowest BCUT2D eigenvalue weighted by Crippen LogP contribution is -1.88. The quantitative estimate of drug-likeness (QED) is 0.737. The fraction of sp³-hybridized carbons (Fsp3) is 0.267. The van der Waals surface area contributed by atoms with Gasteiger partial charge in [0, 0.05) is 35.8 Å². The van der Waals surface area contributed by atoms with Crippen LogP contribution in [-0.2, 0) is 7.05 Å². The van der Waals surface area contributed by atoms with E-state index in [-0.39, 0.29) is 0 Å². The van der Waals surface area contributed by atoms with E-state index in [9.17, 15) is 0 Å². The summed E-state index contributed by atoms with van der Waals surface area (Å²) in [5.41, 5.74) is 10.4. The van der Waals surface area contributed by atoms with E-state index in [1.807, 2.05) is 6.07 Å². The van der Waals surface area contributed by atoms with E-state index in [1.165, 1.54) is 16.5 Å². The van der Waals surface area contributed by atoms with Crippen molar-refractivity contribution in [2.24, 2.45) is 7.05 Å². The molecule has 19 heavy (non-hydrogen) atoms. The van der Waals surface area contributed by atoms with Crippen LogP contribution < -0.4 is 5.73 Å². The molecule has 0 amide bonds. The van der Waals surface area contributed by atoms with Gasteiger partial charge in [0.05, 0.1) is 5.69 Å². The minimum Gasteiger partial charge on any atom is -0.382 e. The molecule has 2 heterocycles. The minimum atomic E-state index is 0.518. The third-order valence-electron chi connectivity index (χ3n) is 3.57. The van der Waals surface area contributed by atoms with Crippen molar-refractivity contribution in [1.29, 1.82) is 0 Å². The Morgan fingerprint density at radius 1 is 1.26 bits per heavy atom. The van der Waals surface area contributed by atoms with E-state index >= 15 is 0 Å². The van der Waals surface area contributed by atoms with E-state index in [4.69, 9.17) is 5.73 Å². The molecule has 0 aliphatic carbocycles. The van der Waals surface area contributed by atoms with E-state index in [0.717, 1.165) is 11.3 Å². The lowest BCUT2D eigenvalue weighted by Gasteiger charge is -2.06. The summed E-state index contributed by atoms with van der Waals surface area (Å²) in [5.74, 6) is 1.04. The largest absolute Gasteiger partial charge is 0.382 e. The van der Waals surface area contributed by atoms with Crippen LogP contribution in [0.15, 0.2) is 30.5 Å². The van der Waals surface area contributed by atoms with Crippen molar-refractivity contribution in [2.45, 2.75) is 19.8 Å². The van der Waals surface area contributed by atoms with Gasteiger partial charge in [0.1, 0.15) is 5.82 Å². The number of nitrogens with one attached hydrogen (secondary N) is 1. The van der Waals surface area contributed by atoms with Gasteiger partial charge in [-0.05, 0) is 23.6 Å². The van der Waals surface area contributed by atoms with Gasteiger partial charge in [-0.1, -0.05) is 19.9 Å². The molecule has 3 N–H and O–H groups in total. The molecular formula is C15H18N4. The molecule has 4 nitrogen and oxygen atoms in total. The van der Waals surface area contributed by atoms with Crippen LogP contribution in [0.25, 0.3) is 22.2 Å². The van der Waals surface area contributed by atoms with Crippen LogP contribution in [0.2, 0.25) is 0 Å². The molecule has 4 heteroatoms. The summed E-state index contributed by atoms with van der Waals surface area (Å²) >= 11 is 0. The van der Waals surface area contributed by atoms with Gasteiger partial charge in [-0.15, -0.1) is 0 Å². The zero-order valence-electron chi connectivity index (χ0n) is 11.4. The Morgan fingerprint density at radius 3 is 2.68 bits per heavy atom. The lowest BCUT2D eigenvalue weighted by molar-refractivity contribution is 0.868. The maximum Gasteiger partial charge on any atom is 0.145 e. The summed E-state index contributed by atoms with van der Waals surface area (Å²) in [6.07, 6.45) is 2.11. The predicted molar refractivity (Wildman–Crippen MR) is 79.0 cm³/mol. The third-order valence-corrected chi connectivity index (χ3v) is 3.57. The van der Waals surface area contributed by atoms with Crippen molar-refractivity contribution in [2.75, 3.05) is 5.73 Å². The number of aryl methyl sites for hydroxylation is 1. The molecule has 0 fully saturated rings. The number of rotatable bonds is 2. The molecule has 0 unspecified atom stereocenters. The molecule has 0 spiro atoms. The SMILES string of the molecule is CC(C)c1ccc2c(c1)c(-c1cc(N)n[nH]1)cn2C. The second kappa shape index (κ2) is 4.16. The van der Waals surface area contributed by atoms with Gasteiger partial charge in [0.2, 0.25) is 0 Å². The second-order valence-corrected chi connectivity index (χ2v) is 5.29. The van der Waals surface area contributed by atoms with Crippen LogP contribution in [0.4, 0.5) is 5.82 Å². The van der Waals surface area contributed by atoms with Gasteiger partial charge in [0.25, 0.3) is 0 Å².